The van der Waals surface area contributed by atoms with Gasteiger partial charge in [0.1, 0.15) is 0 Å². The van der Waals surface area contributed by atoms with Gasteiger partial charge in [0.15, 0.2) is 0 Å². The Morgan fingerprint density at radius 1 is 1.27 bits per heavy atom. The van der Waals surface area contributed by atoms with Crippen LogP contribution < -0.4 is 0 Å². The van der Waals surface area contributed by atoms with Crippen LogP contribution in [0.4, 0.5) is 0 Å². The van der Waals surface area contributed by atoms with Crippen LogP contribution in [0.15, 0.2) is 24.7 Å². The molecule has 3 nitrogen and oxygen atoms in total. The summed E-state index contributed by atoms with van der Waals surface area (Å²) in [4.78, 5) is 9.00. The number of aliphatic carboxylic acids is 1. The maximum absolute atomic E-state index is 9.00. The molecule has 64 valence electrons. The Kier molecular flexibility index (Phi) is 13.0. The summed E-state index contributed by atoms with van der Waals surface area (Å²) in [6, 6.07) is 0. The second-order valence-corrected chi connectivity index (χ2v) is 1.59. The quantitative estimate of drug-likeness (QED) is 0.626. The molecule has 0 spiro atoms. The molecule has 0 bridgehead atoms. The first-order valence-electron chi connectivity index (χ1n) is 3.22. The lowest BCUT2D eigenvalue weighted by atomic mass is 10.7. The lowest BCUT2D eigenvalue weighted by Gasteiger charge is -1.82. The van der Waals surface area contributed by atoms with Crippen LogP contribution in [0.2, 0.25) is 0 Å². The van der Waals surface area contributed by atoms with E-state index in [4.69, 9.17) is 14.6 Å². The zero-order valence-corrected chi connectivity index (χ0v) is 7.07. The smallest absolute Gasteiger partial charge is 0.300 e. The lowest BCUT2D eigenvalue weighted by molar-refractivity contribution is -0.134. The minimum Gasteiger partial charge on any atom is -0.481 e. The van der Waals surface area contributed by atoms with Crippen LogP contribution in [-0.4, -0.2) is 11.1 Å². The zero-order valence-electron chi connectivity index (χ0n) is 7.07. The van der Waals surface area contributed by atoms with Crippen LogP contribution >= 0.6 is 0 Å². The highest BCUT2D eigenvalue weighted by Crippen LogP contribution is 1.76. The average Bonchev–Trinajstić information content (AvgIpc) is 1.88. The maximum Gasteiger partial charge on any atom is 0.300 e. The van der Waals surface area contributed by atoms with Crippen LogP contribution in [0.3, 0.4) is 0 Å². The Balaban J connectivity index is 0. The van der Waals surface area contributed by atoms with Crippen LogP contribution in [-0.2, 0) is 9.53 Å². The molecule has 0 saturated heterocycles. The molecule has 0 atom stereocenters. The van der Waals surface area contributed by atoms with E-state index in [1.807, 2.05) is 26.0 Å². The first-order chi connectivity index (χ1) is 5.15. The van der Waals surface area contributed by atoms with Gasteiger partial charge in [-0.05, 0) is 13.8 Å². The van der Waals surface area contributed by atoms with Crippen molar-refractivity contribution in [2.75, 3.05) is 0 Å². The maximum atomic E-state index is 9.00. The first-order valence-corrected chi connectivity index (χ1v) is 3.22. The van der Waals surface area contributed by atoms with Gasteiger partial charge in [-0.1, -0.05) is 12.2 Å². The summed E-state index contributed by atoms with van der Waals surface area (Å²) in [5.74, 6) is -0.833. The molecule has 0 aromatic carbocycles. The number of allylic oxidation sites excluding steroid dienone is 2. The molecule has 0 heterocycles. The largest absolute Gasteiger partial charge is 0.481 e. The normalized spacial score (nSPS) is 9.36. The minimum absolute atomic E-state index is 0.833. The van der Waals surface area contributed by atoms with Crippen molar-refractivity contribution in [2.45, 2.75) is 20.8 Å². The predicted octanol–water partition coefficient (Wildman–Crippen LogP) is 2.16. The summed E-state index contributed by atoms with van der Waals surface area (Å²) in [7, 11) is 0. The average molecular weight is 158 g/mol. The summed E-state index contributed by atoms with van der Waals surface area (Å²) < 4.78 is 4.77. The predicted molar refractivity (Wildman–Crippen MR) is 44.0 cm³/mol. The molecular formula is C8H14O3. The number of rotatable bonds is 2. The number of hydrogen-bond donors (Lipinski definition) is 1. The van der Waals surface area contributed by atoms with Crippen molar-refractivity contribution >= 4 is 5.97 Å². The van der Waals surface area contributed by atoms with Crippen molar-refractivity contribution in [3.8, 4) is 0 Å². The fourth-order valence-electron chi connectivity index (χ4n) is 0.202. The van der Waals surface area contributed by atoms with Gasteiger partial charge in [-0.3, -0.25) is 4.79 Å². The molecule has 0 aromatic heterocycles. The Morgan fingerprint density at radius 3 is 1.73 bits per heavy atom. The summed E-state index contributed by atoms with van der Waals surface area (Å²) >= 11 is 0. The monoisotopic (exact) mass is 158 g/mol. The van der Waals surface area contributed by atoms with Crippen LogP contribution in [0.5, 0.6) is 0 Å². The van der Waals surface area contributed by atoms with E-state index in [1.165, 1.54) is 0 Å². The highest BCUT2D eigenvalue weighted by molar-refractivity contribution is 5.62. The molecule has 3 heteroatoms. The fourth-order valence-corrected chi connectivity index (χ4v) is 0.202. The number of carbonyl (C=O) groups is 1. The van der Waals surface area contributed by atoms with Crippen LogP contribution in [0, 0.1) is 0 Å². The molecule has 0 saturated carbocycles. The molecule has 0 aliphatic carbocycles. The van der Waals surface area contributed by atoms with Crippen LogP contribution in [0.1, 0.15) is 20.8 Å². The van der Waals surface area contributed by atoms with E-state index in [2.05, 4.69) is 0 Å². The van der Waals surface area contributed by atoms with Crippen molar-refractivity contribution in [1.29, 1.82) is 0 Å². The van der Waals surface area contributed by atoms with E-state index in [0.717, 1.165) is 6.92 Å². The third kappa shape index (κ3) is 52.7. The molecule has 1 N–H and O–H groups in total. The van der Waals surface area contributed by atoms with E-state index in [9.17, 15) is 0 Å². The molecule has 0 aromatic rings. The van der Waals surface area contributed by atoms with Gasteiger partial charge in [-0.25, -0.2) is 0 Å². The minimum atomic E-state index is -0.833. The summed E-state index contributed by atoms with van der Waals surface area (Å²) in [6.07, 6.45) is 6.92. The lowest BCUT2D eigenvalue weighted by Crippen LogP contribution is -1.78. The fraction of sp³-hybridized carbons (Fsp3) is 0.375. The highest BCUT2D eigenvalue weighted by atomic mass is 16.5. The molecule has 0 radical (unpaired) electrons. The standard InChI is InChI=1S/C6H10O.C2H4O2/c1-3-5-7-6-4-2;1-2(3)4/h3-6H,1-2H3;1H3,(H,3,4). The third-order valence-electron chi connectivity index (χ3n) is 0.429. The second-order valence-electron chi connectivity index (χ2n) is 1.59. The zero-order chi connectivity index (χ0) is 9.11. The van der Waals surface area contributed by atoms with Crippen molar-refractivity contribution in [1.82, 2.24) is 0 Å². The number of ether oxygens (including phenoxy) is 1. The van der Waals surface area contributed by atoms with Gasteiger partial charge < -0.3 is 9.84 Å². The Labute approximate surface area is 67.0 Å². The molecule has 11 heavy (non-hydrogen) atoms. The molecule has 0 aliphatic heterocycles. The molecular weight excluding hydrogens is 144 g/mol. The molecule has 0 rings (SSSR count). The van der Waals surface area contributed by atoms with E-state index < -0.39 is 5.97 Å². The highest BCUT2D eigenvalue weighted by Gasteiger charge is 1.65. The van der Waals surface area contributed by atoms with Gasteiger partial charge in [0, 0.05) is 6.92 Å². The third-order valence-corrected chi connectivity index (χ3v) is 0.429. The van der Waals surface area contributed by atoms with E-state index in [-0.39, 0.29) is 0 Å². The summed E-state index contributed by atoms with van der Waals surface area (Å²) in [6.45, 7) is 4.90. The first kappa shape index (κ1) is 12.4. The Bertz CT molecular complexity index is 122. The number of carboxylic acids is 1. The second kappa shape index (κ2) is 11.5. The number of carboxylic acid groups (broad SMARTS) is 1. The summed E-state index contributed by atoms with van der Waals surface area (Å²) in [5.41, 5.74) is 0. The van der Waals surface area contributed by atoms with E-state index >= 15 is 0 Å². The molecule has 0 aliphatic rings. The van der Waals surface area contributed by atoms with E-state index in [1.54, 1.807) is 12.5 Å². The van der Waals surface area contributed by atoms with E-state index in [0.29, 0.717) is 0 Å². The Morgan fingerprint density at radius 2 is 1.55 bits per heavy atom. The van der Waals surface area contributed by atoms with Crippen LogP contribution in [0.25, 0.3) is 0 Å². The Hall–Kier alpha value is -1.25. The van der Waals surface area contributed by atoms with Crippen molar-refractivity contribution in [2.24, 2.45) is 0 Å². The molecule has 0 amide bonds. The van der Waals surface area contributed by atoms with Gasteiger partial charge in [0.25, 0.3) is 5.97 Å². The van der Waals surface area contributed by atoms with Gasteiger partial charge in [0.2, 0.25) is 0 Å². The topological polar surface area (TPSA) is 46.5 Å². The van der Waals surface area contributed by atoms with Gasteiger partial charge in [-0.2, -0.15) is 0 Å². The van der Waals surface area contributed by atoms with Crippen molar-refractivity contribution in [3.05, 3.63) is 24.7 Å². The van der Waals surface area contributed by atoms with Gasteiger partial charge in [-0.15, -0.1) is 0 Å². The summed E-state index contributed by atoms with van der Waals surface area (Å²) in [5, 5.41) is 7.42. The van der Waals surface area contributed by atoms with Crippen molar-refractivity contribution in [3.63, 3.8) is 0 Å². The van der Waals surface area contributed by atoms with Gasteiger partial charge in [0.05, 0.1) is 12.5 Å². The number of hydrogen-bond acceptors (Lipinski definition) is 2. The molecule has 0 fully saturated rings. The SMILES string of the molecule is CC(=O)O.CC=COC=CC. The van der Waals surface area contributed by atoms with Gasteiger partial charge >= 0.3 is 0 Å². The molecule has 0 unspecified atom stereocenters. The van der Waals surface area contributed by atoms with Crippen molar-refractivity contribution < 1.29 is 14.6 Å².